The predicted octanol–water partition coefficient (Wildman–Crippen LogP) is 2.17. The molecule has 2 heterocycles. The molecule has 114 valence electrons. The Bertz CT molecular complexity index is 828. The number of para-hydroxylation sites is 1. The highest BCUT2D eigenvalue weighted by Gasteiger charge is 2.15. The summed E-state index contributed by atoms with van der Waals surface area (Å²) in [5.41, 5.74) is 0.927. The van der Waals surface area contributed by atoms with Crippen molar-refractivity contribution in [2.45, 2.75) is 0 Å². The monoisotopic (exact) mass is 316 g/mol. The maximum atomic E-state index is 12.2. The number of anilines is 1. The Balaban J connectivity index is 2.10. The first kappa shape index (κ1) is 14.6. The zero-order valence-electron chi connectivity index (χ0n) is 12.4. The van der Waals surface area contributed by atoms with Gasteiger partial charge in [0.15, 0.2) is 0 Å². The van der Waals surface area contributed by atoms with Gasteiger partial charge in [-0.1, -0.05) is 18.2 Å². The smallest absolute Gasteiger partial charge is 0.302 e. The number of hydrogen-bond donors (Lipinski definition) is 0. The van der Waals surface area contributed by atoms with Crippen molar-refractivity contribution in [1.29, 1.82) is 0 Å². The van der Waals surface area contributed by atoms with Crippen LogP contribution in [0.2, 0.25) is 0 Å². The van der Waals surface area contributed by atoms with E-state index in [1.807, 2.05) is 48.5 Å². The second kappa shape index (κ2) is 6.23. The van der Waals surface area contributed by atoms with Crippen LogP contribution >= 0.6 is 11.8 Å². The third-order valence-corrected chi connectivity index (χ3v) is 3.89. The number of thioether (sulfide) groups is 1. The molecule has 3 rings (SSSR count). The lowest BCUT2D eigenvalue weighted by Gasteiger charge is -2.15. The highest BCUT2D eigenvalue weighted by atomic mass is 32.2. The van der Waals surface area contributed by atoms with Gasteiger partial charge in [0, 0.05) is 19.3 Å². The van der Waals surface area contributed by atoms with Gasteiger partial charge in [-0.25, -0.2) is 0 Å². The average molecular weight is 316 g/mol. The summed E-state index contributed by atoms with van der Waals surface area (Å²) in [5, 5.41) is 4.63. The van der Waals surface area contributed by atoms with Crippen LogP contribution < -0.4 is 10.5 Å². The third kappa shape index (κ3) is 2.71. The van der Waals surface area contributed by atoms with Crippen LogP contribution in [0.15, 0.2) is 45.7 Å². The number of aromatic nitrogens is 3. The molecule has 6 nitrogen and oxygen atoms in total. The van der Waals surface area contributed by atoms with Crippen molar-refractivity contribution in [3.63, 3.8) is 0 Å². The molecule has 3 aromatic rings. The van der Waals surface area contributed by atoms with Gasteiger partial charge in [-0.3, -0.25) is 4.79 Å². The summed E-state index contributed by atoms with van der Waals surface area (Å²) in [7, 11) is 1.86. The topological polar surface area (TPSA) is 64.2 Å². The Labute approximate surface area is 131 Å². The molecule has 0 atom stereocenters. The summed E-state index contributed by atoms with van der Waals surface area (Å²) in [4.78, 5) is 18.0. The largest absolute Gasteiger partial charge is 0.406 e. The molecule has 0 radical (unpaired) electrons. The number of hydrogen-bond acceptors (Lipinski definition) is 6. The van der Waals surface area contributed by atoms with Gasteiger partial charge in [-0.15, -0.1) is 0 Å². The second-order valence-corrected chi connectivity index (χ2v) is 5.81. The van der Waals surface area contributed by atoms with Crippen molar-refractivity contribution in [3.8, 4) is 5.69 Å². The highest BCUT2D eigenvalue weighted by molar-refractivity contribution is 7.98. The van der Waals surface area contributed by atoms with Crippen LogP contribution in [0.3, 0.4) is 0 Å². The lowest BCUT2D eigenvalue weighted by atomic mass is 10.3. The summed E-state index contributed by atoms with van der Waals surface area (Å²) in [6, 6.07) is 9.87. The van der Waals surface area contributed by atoms with E-state index in [1.165, 1.54) is 6.20 Å². The molecule has 0 fully saturated rings. The molecule has 0 saturated heterocycles. The predicted molar refractivity (Wildman–Crippen MR) is 89.1 cm³/mol. The van der Waals surface area contributed by atoms with E-state index in [0.29, 0.717) is 17.1 Å². The van der Waals surface area contributed by atoms with E-state index in [2.05, 4.69) is 10.1 Å². The van der Waals surface area contributed by atoms with Crippen molar-refractivity contribution in [2.75, 3.05) is 30.5 Å². The molecule has 0 N–H and O–H groups in total. The van der Waals surface area contributed by atoms with Gasteiger partial charge in [0.2, 0.25) is 5.71 Å². The minimum Gasteiger partial charge on any atom is -0.406 e. The van der Waals surface area contributed by atoms with Crippen molar-refractivity contribution >= 4 is 28.9 Å². The van der Waals surface area contributed by atoms with Gasteiger partial charge in [0.1, 0.15) is 5.39 Å². The van der Waals surface area contributed by atoms with Gasteiger partial charge in [-0.05, 0) is 18.4 Å². The third-order valence-electron chi connectivity index (χ3n) is 3.30. The Morgan fingerprint density at radius 3 is 2.82 bits per heavy atom. The molecule has 0 aliphatic rings. The molecule has 0 amide bonds. The van der Waals surface area contributed by atoms with Crippen molar-refractivity contribution < 1.29 is 4.42 Å². The lowest BCUT2D eigenvalue weighted by Crippen LogP contribution is -2.24. The molecule has 7 heteroatoms. The van der Waals surface area contributed by atoms with Crippen LogP contribution in [-0.4, -0.2) is 40.4 Å². The van der Waals surface area contributed by atoms with Crippen LogP contribution in [0.1, 0.15) is 0 Å². The Morgan fingerprint density at radius 1 is 1.32 bits per heavy atom. The summed E-state index contributed by atoms with van der Waals surface area (Å²) >= 11 is 1.73. The fourth-order valence-corrected chi connectivity index (χ4v) is 2.54. The van der Waals surface area contributed by atoms with E-state index in [0.717, 1.165) is 18.0 Å². The Hall–Kier alpha value is -2.28. The molecule has 1 aromatic carbocycles. The standard InChI is InChI=1S/C15H16N4O2S/c1-18(8-9-22-2)15-17-13(20)12-10-16-19(14(12)21-15)11-6-4-3-5-7-11/h3-7,10H,8-9H2,1-2H3. The van der Waals surface area contributed by atoms with Crippen molar-refractivity contribution in [3.05, 3.63) is 46.9 Å². The fraction of sp³-hybridized carbons (Fsp3) is 0.267. The maximum Gasteiger partial charge on any atom is 0.302 e. The molecule has 0 spiro atoms. The number of benzene rings is 1. The van der Waals surface area contributed by atoms with E-state index in [9.17, 15) is 4.79 Å². The normalized spacial score (nSPS) is 11.0. The van der Waals surface area contributed by atoms with E-state index >= 15 is 0 Å². The zero-order valence-corrected chi connectivity index (χ0v) is 13.2. The molecule has 0 bridgehead atoms. The number of nitrogens with zero attached hydrogens (tertiary/aromatic N) is 4. The minimum atomic E-state index is -0.325. The van der Waals surface area contributed by atoms with E-state index in [1.54, 1.807) is 16.4 Å². The van der Waals surface area contributed by atoms with E-state index < -0.39 is 0 Å². The van der Waals surface area contributed by atoms with Gasteiger partial charge < -0.3 is 9.32 Å². The fourth-order valence-electron chi connectivity index (χ4n) is 2.08. The van der Waals surface area contributed by atoms with E-state index in [-0.39, 0.29) is 5.56 Å². The van der Waals surface area contributed by atoms with Gasteiger partial charge >= 0.3 is 6.01 Å². The Morgan fingerprint density at radius 2 is 2.09 bits per heavy atom. The van der Waals surface area contributed by atoms with Crippen LogP contribution in [0.25, 0.3) is 16.8 Å². The SMILES string of the molecule is CSCCN(C)c1nc(=O)c2cnn(-c3ccccc3)c2o1. The summed E-state index contributed by atoms with van der Waals surface area (Å²) < 4.78 is 7.45. The van der Waals surface area contributed by atoms with Gasteiger partial charge in [0.05, 0.1) is 11.9 Å². The van der Waals surface area contributed by atoms with Gasteiger partial charge in [-0.2, -0.15) is 26.5 Å². The van der Waals surface area contributed by atoms with Crippen molar-refractivity contribution in [1.82, 2.24) is 14.8 Å². The molecule has 0 saturated carbocycles. The first-order valence-corrected chi connectivity index (χ1v) is 8.24. The number of rotatable bonds is 5. The highest BCUT2D eigenvalue weighted by Crippen LogP contribution is 2.19. The van der Waals surface area contributed by atoms with Crippen LogP contribution in [0, 0.1) is 0 Å². The van der Waals surface area contributed by atoms with Crippen LogP contribution in [-0.2, 0) is 0 Å². The van der Waals surface area contributed by atoms with E-state index in [4.69, 9.17) is 4.42 Å². The quantitative estimate of drug-likeness (QED) is 0.719. The molecule has 0 unspecified atom stereocenters. The first-order valence-electron chi connectivity index (χ1n) is 6.85. The Kier molecular flexibility index (Phi) is 4.15. The number of fused-ring (bicyclic) bond motifs is 1. The van der Waals surface area contributed by atoms with Crippen LogP contribution in [0.5, 0.6) is 0 Å². The zero-order chi connectivity index (χ0) is 15.5. The molecular weight excluding hydrogens is 300 g/mol. The molecule has 2 aromatic heterocycles. The molecule has 0 aliphatic carbocycles. The average Bonchev–Trinajstić information content (AvgIpc) is 2.98. The lowest BCUT2D eigenvalue weighted by molar-refractivity contribution is 0.542. The first-order chi connectivity index (χ1) is 10.7. The molecule has 0 aliphatic heterocycles. The summed E-state index contributed by atoms with van der Waals surface area (Å²) in [6.07, 6.45) is 3.53. The molecular formula is C15H16N4O2S. The van der Waals surface area contributed by atoms with Crippen molar-refractivity contribution in [2.24, 2.45) is 0 Å². The van der Waals surface area contributed by atoms with Gasteiger partial charge in [0.25, 0.3) is 5.56 Å². The van der Waals surface area contributed by atoms with Crippen LogP contribution in [0.4, 0.5) is 6.01 Å². The maximum absolute atomic E-state index is 12.2. The molecule has 22 heavy (non-hydrogen) atoms. The second-order valence-electron chi connectivity index (χ2n) is 4.83. The summed E-state index contributed by atoms with van der Waals surface area (Å²) in [5.74, 6) is 0.928. The minimum absolute atomic E-state index is 0.309. The summed E-state index contributed by atoms with van der Waals surface area (Å²) in [6.45, 7) is 0.752.